The van der Waals surface area contributed by atoms with Crippen molar-refractivity contribution in [2.45, 2.75) is 50.1 Å². The Morgan fingerprint density at radius 2 is 2.18 bits per heavy atom. The first kappa shape index (κ1) is 14.1. The molecule has 1 aliphatic carbocycles. The van der Waals surface area contributed by atoms with Gasteiger partial charge in [-0.05, 0) is 31.7 Å². The average molecular weight is 301 g/mol. The molecule has 0 radical (unpaired) electrons. The highest BCUT2D eigenvalue weighted by Crippen LogP contribution is 2.33. The van der Waals surface area contributed by atoms with Crippen molar-refractivity contribution in [1.29, 1.82) is 0 Å². The summed E-state index contributed by atoms with van der Waals surface area (Å²) in [6.45, 7) is 1.65. The SMILES string of the molecule is O=C(C1NNC2CCCC21)N1CCCC(c2ccncn2)C1. The van der Waals surface area contributed by atoms with Crippen LogP contribution in [0.1, 0.15) is 43.7 Å². The average Bonchev–Trinajstić information content (AvgIpc) is 3.18. The predicted octanol–water partition coefficient (Wildman–Crippen LogP) is 0.828. The van der Waals surface area contributed by atoms with Crippen molar-refractivity contribution >= 4 is 5.91 Å². The number of carbonyl (C=O) groups excluding carboxylic acids is 1. The molecule has 2 aliphatic heterocycles. The summed E-state index contributed by atoms with van der Waals surface area (Å²) >= 11 is 0. The minimum atomic E-state index is -0.0448. The summed E-state index contributed by atoms with van der Waals surface area (Å²) in [6, 6.07) is 2.41. The van der Waals surface area contributed by atoms with Gasteiger partial charge >= 0.3 is 0 Å². The second kappa shape index (κ2) is 5.93. The highest BCUT2D eigenvalue weighted by molar-refractivity contribution is 5.83. The van der Waals surface area contributed by atoms with Crippen LogP contribution in [-0.2, 0) is 4.79 Å². The van der Waals surface area contributed by atoms with Crippen LogP contribution in [0.4, 0.5) is 0 Å². The molecule has 3 aliphatic rings. The van der Waals surface area contributed by atoms with Crippen LogP contribution in [0.15, 0.2) is 18.6 Å². The lowest BCUT2D eigenvalue weighted by Crippen LogP contribution is -2.50. The lowest BCUT2D eigenvalue weighted by atomic mass is 9.92. The van der Waals surface area contributed by atoms with E-state index < -0.39 is 0 Å². The van der Waals surface area contributed by atoms with Gasteiger partial charge in [0.15, 0.2) is 0 Å². The van der Waals surface area contributed by atoms with E-state index in [1.54, 1.807) is 12.5 Å². The van der Waals surface area contributed by atoms with Crippen LogP contribution < -0.4 is 10.9 Å². The molecule has 22 heavy (non-hydrogen) atoms. The van der Waals surface area contributed by atoms with Gasteiger partial charge in [0.2, 0.25) is 5.91 Å². The van der Waals surface area contributed by atoms with E-state index in [1.165, 1.54) is 12.8 Å². The number of aromatic nitrogens is 2. The highest BCUT2D eigenvalue weighted by atomic mass is 16.2. The number of rotatable bonds is 2. The third kappa shape index (κ3) is 2.50. The maximum absolute atomic E-state index is 12.9. The number of hydrazine groups is 1. The fourth-order valence-corrected chi connectivity index (χ4v) is 4.27. The predicted molar refractivity (Wildman–Crippen MR) is 81.8 cm³/mol. The van der Waals surface area contributed by atoms with Crippen LogP contribution in [0.5, 0.6) is 0 Å². The molecule has 1 amide bonds. The Labute approximate surface area is 130 Å². The number of nitrogens with one attached hydrogen (secondary N) is 2. The Hall–Kier alpha value is -1.53. The van der Waals surface area contributed by atoms with Crippen molar-refractivity contribution in [3.8, 4) is 0 Å². The van der Waals surface area contributed by atoms with E-state index in [0.29, 0.717) is 17.9 Å². The molecule has 0 aromatic carbocycles. The molecular formula is C16H23N5O. The van der Waals surface area contributed by atoms with Gasteiger partial charge in [-0.1, -0.05) is 6.42 Å². The van der Waals surface area contributed by atoms with E-state index in [1.807, 2.05) is 11.0 Å². The smallest absolute Gasteiger partial charge is 0.241 e. The van der Waals surface area contributed by atoms with Crippen molar-refractivity contribution in [2.24, 2.45) is 5.92 Å². The van der Waals surface area contributed by atoms with E-state index in [-0.39, 0.29) is 11.9 Å². The number of hydrogen-bond donors (Lipinski definition) is 2. The summed E-state index contributed by atoms with van der Waals surface area (Å²) in [5, 5.41) is 0. The van der Waals surface area contributed by atoms with E-state index in [4.69, 9.17) is 0 Å². The number of likely N-dealkylation sites (tertiary alicyclic amines) is 1. The molecule has 4 atom stereocenters. The van der Waals surface area contributed by atoms with Crippen molar-refractivity contribution in [1.82, 2.24) is 25.7 Å². The quantitative estimate of drug-likeness (QED) is 0.846. The summed E-state index contributed by atoms with van der Waals surface area (Å²) in [4.78, 5) is 23.3. The third-order valence-electron chi connectivity index (χ3n) is 5.44. The van der Waals surface area contributed by atoms with Crippen LogP contribution >= 0.6 is 0 Å². The monoisotopic (exact) mass is 301 g/mol. The molecule has 2 N–H and O–H groups in total. The summed E-state index contributed by atoms with van der Waals surface area (Å²) in [5.41, 5.74) is 7.62. The Morgan fingerprint density at radius 3 is 3.05 bits per heavy atom. The maximum Gasteiger partial charge on any atom is 0.241 e. The van der Waals surface area contributed by atoms with Gasteiger partial charge in [0.25, 0.3) is 0 Å². The highest BCUT2D eigenvalue weighted by Gasteiger charge is 2.44. The lowest BCUT2D eigenvalue weighted by Gasteiger charge is -2.34. The molecule has 1 aromatic rings. The van der Waals surface area contributed by atoms with Gasteiger partial charge in [-0.3, -0.25) is 10.2 Å². The van der Waals surface area contributed by atoms with Crippen LogP contribution in [0, 0.1) is 5.92 Å². The van der Waals surface area contributed by atoms with E-state index >= 15 is 0 Å². The Bertz CT molecular complexity index is 537. The van der Waals surface area contributed by atoms with Crippen LogP contribution in [-0.4, -0.2) is 45.9 Å². The topological polar surface area (TPSA) is 70.2 Å². The zero-order valence-corrected chi connectivity index (χ0v) is 12.7. The van der Waals surface area contributed by atoms with Crippen LogP contribution in [0.25, 0.3) is 0 Å². The van der Waals surface area contributed by atoms with Crippen molar-refractivity contribution in [2.75, 3.05) is 13.1 Å². The number of piperidine rings is 1. The third-order valence-corrected chi connectivity index (χ3v) is 5.44. The summed E-state index contributed by atoms with van der Waals surface area (Å²) in [6.07, 6.45) is 9.11. The molecule has 3 heterocycles. The summed E-state index contributed by atoms with van der Waals surface area (Å²) < 4.78 is 0. The molecule has 4 rings (SSSR count). The molecule has 0 bridgehead atoms. The molecular weight excluding hydrogens is 278 g/mol. The van der Waals surface area contributed by atoms with Gasteiger partial charge in [-0.2, -0.15) is 0 Å². The molecule has 6 nitrogen and oxygen atoms in total. The van der Waals surface area contributed by atoms with Gasteiger partial charge < -0.3 is 4.90 Å². The molecule has 6 heteroatoms. The Morgan fingerprint density at radius 1 is 1.23 bits per heavy atom. The van der Waals surface area contributed by atoms with Crippen molar-refractivity contribution < 1.29 is 4.79 Å². The van der Waals surface area contributed by atoms with Crippen molar-refractivity contribution in [3.05, 3.63) is 24.3 Å². The molecule has 4 unspecified atom stereocenters. The Balaban J connectivity index is 1.45. The van der Waals surface area contributed by atoms with Crippen LogP contribution in [0.3, 0.4) is 0 Å². The van der Waals surface area contributed by atoms with E-state index in [2.05, 4.69) is 20.8 Å². The molecule has 0 spiro atoms. The number of fused-ring (bicyclic) bond motifs is 1. The second-order valence-corrected chi connectivity index (χ2v) is 6.73. The largest absolute Gasteiger partial charge is 0.341 e. The summed E-state index contributed by atoms with van der Waals surface area (Å²) in [5.74, 6) is 1.07. The first-order valence-electron chi connectivity index (χ1n) is 8.38. The maximum atomic E-state index is 12.9. The van der Waals surface area contributed by atoms with Gasteiger partial charge in [-0.15, -0.1) is 0 Å². The molecule has 1 saturated carbocycles. The van der Waals surface area contributed by atoms with Crippen LogP contribution in [0.2, 0.25) is 0 Å². The Kier molecular flexibility index (Phi) is 3.80. The number of amides is 1. The van der Waals surface area contributed by atoms with Crippen molar-refractivity contribution in [3.63, 3.8) is 0 Å². The van der Waals surface area contributed by atoms with E-state index in [0.717, 1.165) is 38.0 Å². The fraction of sp³-hybridized carbons (Fsp3) is 0.688. The lowest BCUT2D eigenvalue weighted by molar-refractivity contribution is -0.135. The molecule has 2 saturated heterocycles. The van der Waals surface area contributed by atoms with Gasteiger partial charge in [-0.25, -0.2) is 15.4 Å². The molecule has 118 valence electrons. The minimum absolute atomic E-state index is 0.0448. The molecule has 1 aromatic heterocycles. The number of hydrogen-bond acceptors (Lipinski definition) is 5. The summed E-state index contributed by atoms with van der Waals surface area (Å²) in [7, 11) is 0. The first-order chi connectivity index (χ1) is 10.8. The number of nitrogens with zero attached hydrogens (tertiary/aromatic N) is 3. The second-order valence-electron chi connectivity index (χ2n) is 6.73. The first-order valence-corrected chi connectivity index (χ1v) is 8.38. The molecule has 3 fully saturated rings. The normalized spacial score (nSPS) is 34.6. The zero-order valence-electron chi connectivity index (χ0n) is 12.7. The van der Waals surface area contributed by atoms with Gasteiger partial charge in [0.05, 0.1) is 0 Å². The number of carbonyl (C=O) groups is 1. The fourth-order valence-electron chi connectivity index (χ4n) is 4.27. The van der Waals surface area contributed by atoms with Gasteiger partial charge in [0, 0.05) is 42.9 Å². The van der Waals surface area contributed by atoms with E-state index in [9.17, 15) is 4.79 Å². The van der Waals surface area contributed by atoms with Gasteiger partial charge in [0.1, 0.15) is 12.4 Å². The zero-order chi connectivity index (χ0) is 14.9. The minimum Gasteiger partial charge on any atom is -0.341 e. The standard InChI is InChI=1S/C16H23N5O/c22-16(15-12-4-1-5-14(12)19-20-15)21-8-2-3-11(9-21)13-6-7-17-10-18-13/h6-7,10-12,14-15,19-20H,1-5,8-9H2.